The number of aliphatic hydroxyl groups excluding tert-OH is 1. The van der Waals surface area contributed by atoms with Crippen molar-refractivity contribution in [1.29, 1.82) is 0 Å². The second-order valence-corrected chi connectivity index (χ2v) is 8.29. The minimum Gasteiger partial charge on any atom is -0.457 e. The number of hydrogen-bond acceptors (Lipinski definition) is 4. The molecule has 1 N–H and O–H groups in total. The van der Waals surface area contributed by atoms with Crippen molar-refractivity contribution in [2.45, 2.75) is 37.3 Å². The second-order valence-electron chi connectivity index (χ2n) is 8.29. The Kier molecular flexibility index (Phi) is 8.77. The first kappa shape index (κ1) is 30.8. The molecule has 0 aliphatic carbocycles. The first-order valence-electron chi connectivity index (χ1n) is 11.0. The van der Waals surface area contributed by atoms with Crippen molar-refractivity contribution in [2.75, 3.05) is 11.4 Å². The van der Waals surface area contributed by atoms with E-state index >= 15 is 0 Å². The van der Waals surface area contributed by atoms with Crippen molar-refractivity contribution >= 4 is 5.69 Å². The summed E-state index contributed by atoms with van der Waals surface area (Å²) in [5, 5.41) is 9.65. The number of alkyl halides is 11. The highest BCUT2D eigenvalue weighted by Gasteiger charge is 2.59. The number of ether oxygens (including phenoxy) is 2. The fraction of sp³-hybridized carbons (Fsp3) is 0.280. The summed E-state index contributed by atoms with van der Waals surface area (Å²) in [4.78, 5) is 0.708. The van der Waals surface area contributed by atoms with Crippen LogP contribution in [0.5, 0.6) is 17.2 Å². The summed E-state index contributed by atoms with van der Waals surface area (Å²) in [7, 11) is 0. The van der Waals surface area contributed by atoms with Gasteiger partial charge in [0.15, 0.2) is 6.10 Å². The molecule has 0 unspecified atom stereocenters. The van der Waals surface area contributed by atoms with E-state index in [1.165, 1.54) is 24.3 Å². The van der Waals surface area contributed by atoms with Crippen LogP contribution in [0.15, 0.2) is 72.8 Å². The largest absolute Gasteiger partial charge is 0.573 e. The van der Waals surface area contributed by atoms with Crippen LogP contribution in [0.1, 0.15) is 11.1 Å². The van der Waals surface area contributed by atoms with E-state index in [2.05, 4.69) is 4.74 Å². The third kappa shape index (κ3) is 7.90. The highest BCUT2D eigenvalue weighted by molar-refractivity contribution is 5.53. The Morgan fingerprint density at radius 1 is 0.700 bits per heavy atom. The van der Waals surface area contributed by atoms with Gasteiger partial charge in [-0.05, 0) is 29.8 Å². The van der Waals surface area contributed by atoms with Gasteiger partial charge in [0.1, 0.15) is 17.2 Å². The summed E-state index contributed by atoms with van der Waals surface area (Å²) in [6, 6.07) is 12.3. The standard InChI is InChI=1S/C25H18F11NO3/c26-22(27,24(31,32)33)20-10-2-1-5-15(20)13-37(14-21(38)23(28,29)30)16-6-3-7-17(11-16)39-18-8-4-9-19(12-18)40-25(34,35)36/h1-12,21,38H,13-14H2/t21-/m1/s1. The van der Waals surface area contributed by atoms with E-state index in [4.69, 9.17) is 4.74 Å². The molecule has 218 valence electrons. The van der Waals surface area contributed by atoms with Gasteiger partial charge in [-0.2, -0.15) is 35.1 Å². The zero-order valence-electron chi connectivity index (χ0n) is 19.8. The van der Waals surface area contributed by atoms with Gasteiger partial charge < -0.3 is 19.5 Å². The molecule has 0 bridgehead atoms. The van der Waals surface area contributed by atoms with Crippen LogP contribution in [0, 0.1) is 0 Å². The lowest BCUT2D eigenvalue weighted by molar-refractivity contribution is -0.289. The molecule has 3 aromatic rings. The molecule has 3 aromatic carbocycles. The molecule has 0 saturated heterocycles. The van der Waals surface area contributed by atoms with Crippen LogP contribution in [-0.2, 0) is 12.5 Å². The van der Waals surface area contributed by atoms with Crippen molar-refractivity contribution in [3.8, 4) is 17.2 Å². The van der Waals surface area contributed by atoms with Crippen LogP contribution in [0.25, 0.3) is 0 Å². The van der Waals surface area contributed by atoms with Gasteiger partial charge in [-0.1, -0.05) is 36.4 Å². The smallest absolute Gasteiger partial charge is 0.457 e. The average molecular weight is 589 g/mol. The summed E-state index contributed by atoms with van der Waals surface area (Å²) in [5.41, 5.74) is -2.38. The highest BCUT2D eigenvalue weighted by atomic mass is 19.4. The third-order valence-corrected chi connectivity index (χ3v) is 5.30. The molecule has 1 atom stereocenters. The molecule has 0 heterocycles. The summed E-state index contributed by atoms with van der Waals surface area (Å²) >= 11 is 0. The fourth-order valence-electron chi connectivity index (χ4n) is 3.51. The van der Waals surface area contributed by atoms with Crippen LogP contribution in [0.3, 0.4) is 0 Å². The number of rotatable bonds is 9. The Balaban J connectivity index is 1.97. The van der Waals surface area contributed by atoms with Gasteiger partial charge in [0.05, 0.1) is 6.54 Å². The minimum atomic E-state index is -6.00. The van der Waals surface area contributed by atoms with E-state index in [-0.39, 0.29) is 17.2 Å². The molecule has 0 radical (unpaired) electrons. The summed E-state index contributed by atoms with van der Waals surface area (Å²) in [5.74, 6) is -6.32. The number of halogens is 11. The Bertz CT molecular complexity index is 1290. The van der Waals surface area contributed by atoms with Crippen molar-refractivity contribution in [3.05, 3.63) is 83.9 Å². The van der Waals surface area contributed by atoms with E-state index in [1.807, 2.05) is 0 Å². The molecule has 0 aliphatic heterocycles. The summed E-state index contributed by atoms with van der Waals surface area (Å²) < 4.78 is 154. The molecule has 4 nitrogen and oxygen atoms in total. The number of aliphatic hydroxyl groups is 1. The molecular weight excluding hydrogens is 571 g/mol. The van der Waals surface area contributed by atoms with E-state index in [1.54, 1.807) is 0 Å². The monoisotopic (exact) mass is 589 g/mol. The van der Waals surface area contributed by atoms with Gasteiger partial charge >= 0.3 is 24.6 Å². The maximum atomic E-state index is 14.2. The van der Waals surface area contributed by atoms with E-state index in [0.29, 0.717) is 11.0 Å². The highest BCUT2D eigenvalue weighted by Crippen LogP contribution is 2.45. The number of benzene rings is 3. The molecule has 0 fully saturated rings. The molecule has 0 aromatic heterocycles. The topological polar surface area (TPSA) is 41.9 Å². The van der Waals surface area contributed by atoms with Crippen LogP contribution in [0.2, 0.25) is 0 Å². The molecule has 0 amide bonds. The number of anilines is 1. The lowest BCUT2D eigenvalue weighted by Gasteiger charge is -2.30. The first-order chi connectivity index (χ1) is 18.4. The quantitative estimate of drug-likeness (QED) is 0.257. The predicted molar refractivity (Wildman–Crippen MR) is 119 cm³/mol. The Morgan fingerprint density at radius 2 is 1.27 bits per heavy atom. The number of hydrogen-bond donors (Lipinski definition) is 1. The van der Waals surface area contributed by atoms with Gasteiger partial charge in [0, 0.05) is 29.9 Å². The van der Waals surface area contributed by atoms with Gasteiger partial charge in [-0.3, -0.25) is 0 Å². The molecule has 3 rings (SSSR count). The Morgan fingerprint density at radius 3 is 1.88 bits per heavy atom. The first-order valence-corrected chi connectivity index (χ1v) is 11.0. The third-order valence-electron chi connectivity index (χ3n) is 5.30. The number of nitrogens with zero attached hydrogens (tertiary/aromatic N) is 1. The Hall–Kier alpha value is -3.75. The van der Waals surface area contributed by atoms with Gasteiger partial charge in [0.2, 0.25) is 0 Å². The maximum absolute atomic E-state index is 14.2. The van der Waals surface area contributed by atoms with Crippen LogP contribution >= 0.6 is 0 Å². The Labute approximate surface area is 219 Å². The molecule has 15 heteroatoms. The van der Waals surface area contributed by atoms with Crippen LogP contribution in [-0.4, -0.2) is 36.5 Å². The molecule has 0 saturated carbocycles. The van der Waals surface area contributed by atoms with Crippen molar-refractivity contribution in [2.24, 2.45) is 0 Å². The predicted octanol–water partition coefficient (Wildman–Crippen LogP) is 7.96. The second kappa shape index (κ2) is 11.4. The minimum absolute atomic E-state index is 0.151. The summed E-state index contributed by atoms with van der Waals surface area (Å²) in [6.45, 7) is -2.19. The molecule has 0 aliphatic rings. The lowest BCUT2D eigenvalue weighted by atomic mass is 10.00. The van der Waals surface area contributed by atoms with Crippen molar-refractivity contribution in [3.63, 3.8) is 0 Å². The van der Waals surface area contributed by atoms with E-state index < -0.39 is 60.7 Å². The molecule has 40 heavy (non-hydrogen) atoms. The van der Waals surface area contributed by atoms with Crippen molar-refractivity contribution < 1.29 is 62.9 Å². The maximum Gasteiger partial charge on any atom is 0.573 e. The van der Waals surface area contributed by atoms with E-state index in [0.717, 1.165) is 42.5 Å². The lowest BCUT2D eigenvalue weighted by Crippen LogP contribution is -2.41. The average Bonchev–Trinajstić information content (AvgIpc) is 2.82. The van der Waals surface area contributed by atoms with Crippen LogP contribution < -0.4 is 14.4 Å². The van der Waals surface area contributed by atoms with Gasteiger partial charge in [0.25, 0.3) is 0 Å². The van der Waals surface area contributed by atoms with Crippen molar-refractivity contribution in [1.82, 2.24) is 0 Å². The normalized spacial score (nSPS) is 13.6. The van der Waals surface area contributed by atoms with E-state index in [9.17, 15) is 53.4 Å². The summed E-state index contributed by atoms with van der Waals surface area (Å²) in [6.07, 6.45) is -19.2. The molecular formula is C25H18F11NO3. The van der Waals surface area contributed by atoms with Gasteiger partial charge in [-0.15, -0.1) is 13.2 Å². The fourth-order valence-corrected chi connectivity index (χ4v) is 3.51. The van der Waals surface area contributed by atoms with Gasteiger partial charge in [-0.25, -0.2) is 0 Å². The molecule has 0 spiro atoms. The van der Waals surface area contributed by atoms with Crippen LogP contribution in [0.4, 0.5) is 54.0 Å². The zero-order chi connectivity index (χ0) is 29.9. The SMILES string of the molecule is O[C@H](CN(Cc1ccccc1C(F)(F)C(F)(F)F)c1cccc(Oc2cccc(OC(F)(F)F)c2)c1)C(F)(F)F. The zero-order valence-corrected chi connectivity index (χ0v) is 19.8.